The van der Waals surface area contributed by atoms with Crippen molar-refractivity contribution < 1.29 is 13.2 Å². The van der Waals surface area contributed by atoms with Gasteiger partial charge in [-0.3, -0.25) is 4.79 Å². The highest BCUT2D eigenvalue weighted by Gasteiger charge is 2.27. The maximum Gasteiger partial charge on any atom is 0.227 e. The summed E-state index contributed by atoms with van der Waals surface area (Å²) in [4.78, 5) is 14.9. The van der Waals surface area contributed by atoms with Crippen LogP contribution in [0, 0.1) is 19.8 Å². The van der Waals surface area contributed by atoms with Crippen LogP contribution in [-0.2, 0) is 14.6 Å². The van der Waals surface area contributed by atoms with Crippen LogP contribution in [0.5, 0.6) is 0 Å². The summed E-state index contributed by atoms with van der Waals surface area (Å²) in [5, 5.41) is 11.6. The predicted molar refractivity (Wildman–Crippen MR) is 128 cm³/mol. The van der Waals surface area contributed by atoms with Crippen LogP contribution in [0.25, 0.3) is 0 Å². The minimum Gasteiger partial charge on any atom is -0.355 e. The van der Waals surface area contributed by atoms with Crippen molar-refractivity contribution in [3.05, 3.63) is 70.7 Å². The van der Waals surface area contributed by atoms with E-state index in [-0.39, 0.29) is 21.7 Å². The molecule has 2 aromatic carbocycles. The number of piperidine rings is 1. The Morgan fingerprint density at radius 3 is 2.30 bits per heavy atom. The maximum absolute atomic E-state index is 12.8. The van der Waals surface area contributed by atoms with Gasteiger partial charge in [-0.15, -0.1) is 10.2 Å². The minimum atomic E-state index is -3.71. The van der Waals surface area contributed by atoms with Gasteiger partial charge in [-0.1, -0.05) is 35.4 Å². The van der Waals surface area contributed by atoms with E-state index in [2.05, 4.69) is 15.5 Å². The average molecular weight is 485 g/mol. The number of carbonyl (C=O) groups excluding carboxylic acids is 1. The first-order valence-electron chi connectivity index (χ1n) is 10.7. The lowest BCUT2D eigenvalue weighted by Crippen LogP contribution is -2.38. The van der Waals surface area contributed by atoms with Gasteiger partial charge in [-0.2, -0.15) is 0 Å². The number of amides is 1. The molecule has 0 saturated carbocycles. The van der Waals surface area contributed by atoms with Crippen molar-refractivity contribution in [1.29, 1.82) is 0 Å². The van der Waals surface area contributed by atoms with Crippen molar-refractivity contribution in [2.45, 2.75) is 36.6 Å². The summed E-state index contributed by atoms with van der Waals surface area (Å²) >= 11 is 6.14. The molecule has 1 amide bonds. The molecule has 0 aliphatic carbocycles. The van der Waals surface area contributed by atoms with Gasteiger partial charge in [0.05, 0.1) is 4.90 Å². The first-order chi connectivity index (χ1) is 15.7. The lowest BCUT2D eigenvalue weighted by molar-refractivity contribution is -0.120. The number of aromatic nitrogens is 2. The van der Waals surface area contributed by atoms with E-state index < -0.39 is 9.84 Å². The molecule has 0 radical (unpaired) electrons. The smallest absolute Gasteiger partial charge is 0.227 e. The number of hydrogen-bond acceptors (Lipinski definition) is 6. The van der Waals surface area contributed by atoms with Gasteiger partial charge in [0.2, 0.25) is 15.7 Å². The van der Waals surface area contributed by atoms with Gasteiger partial charge in [0.25, 0.3) is 0 Å². The Bertz CT molecular complexity index is 1250. The summed E-state index contributed by atoms with van der Waals surface area (Å²) in [6, 6.07) is 15.3. The van der Waals surface area contributed by atoms with E-state index in [9.17, 15) is 13.2 Å². The summed E-state index contributed by atoms with van der Waals surface area (Å²) in [5.74, 6) is 0.456. The van der Waals surface area contributed by atoms with Crippen molar-refractivity contribution in [2.75, 3.05) is 23.3 Å². The van der Waals surface area contributed by atoms with Gasteiger partial charge in [-0.25, -0.2) is 8.42 Å². The van der Waals surface area contributed by atoms with Crippen LogP contribution in [0.4, 0.5) is 11.5 Å². The molecule has 0 bridgehead atoms. The number of nitrogens with zero attached hydrogens (tertiary/aromatic N) is 3. The summed E-state index contributed by atoms with van der Waals surface area (Å²) in [7, 11) is -3.71. The molecule has 4 rings (SSSR count). The van der Waals surface area contributed by atoms with Crippen LogP contribution in [0.3, 0.4) is 0 Å². The van der Waals surface area contributed by atoms with Crippen LogP contribution in [0.2, 0.25) is 5.02 Å². The van der Waals surface area contributed by atoms with Gasteiger partial charge in [-0.05, 0) is 68.7 Å². The molecule has 1 fully saturated rings. The Balaban J connectivity index is 1.37. The fourth-order valence-electron chi connectivity index (χ4n) is 3.75. The lowest BCUT2D eigenvalue weighted by Gasteiger charge is -2.31. The highest BCUT2D eigenvalue weighted by atomic mass is 35.5. The Labute approximate surface area is 198 Å². The first kappa shape index (κ1) is 23.2. The third kappa shape index (κ3) is 5.17. The van der Waals surface area contributed by atoms with Gasteiger partial charge in [0, 0.05) is 29.7 Å². The van der Waals surface area contributed by atoms with E-state index in [1.165, 1.54) is 6.07 Å². The fourth-order valence-corrected chi connectivity index (χ4v) is 5.06. The van der Waals surface area contributed by atoms with Crippen molar-refractivity contribution in [3.8, 4) is 0 Å². The van der Waals surface area contributed by atoms with E-state index in [0.717, 1.165) is 11.1 Å². The molecule has 7 nitrogen and oxygen atoms in total. The largest absolute Gasteiger partial charge is 0.355 e. The summed E-state index contributed by atoms with van der Waals surface area (Å²) in [6.45, 7) is 5.07. The SMILES string of the molecule is Cc1ccc(S(=O)(=O)c2ccc(N3CCC(C(=O)Nc4ccc(C)c(Cl)c4)CC3)nn2)cc1. The number of sulfone groups is 1. The average Bonchev–Trinajstić information content (AvgIpc) is 2.82. The molecular formula is C24H25ClN4O3S. The second-order valence-corrected chi connectivity index (χ2v) is 10.6. The quantitative estimate of drug-likeness (QED) is 0.575. The second-order valence-electron chi connectivity index (χ2n) is 8.26. The van der Waals surface area contributed by atoms with Crippen LogP contribution in [-0.4, -0.2) is 37.6 Å². The van der Waals surface area contributed by atoms with Crippen LogP contribution in [0.1, 0.15) is 24.0 Å². The monoisotopic (exact) mass is 484 g/mol. The fraction of sp³-hybridized carbons (Fsp3) is 0.292. The molecule has 0 unspecified atom stereocenters. The van der Waals surface area contributed by atoms with Gasteiger partial charge in [0.1, 0.15) is 0 Å². The molecule has 1 aromatic heterocycles. The Morgan fingerprint density at radius 1 is 1.00 bits per heavy atom. The zero-order valence-electron chi connectivity index (χ0n) is 18.5. The third-order valence-electron chi connectivity index (χ3n) is 5.86. The van der Waals surface area contributed by atoms with Gasteiger partial charge in [0.15, 0.2) is 10.8 Å². The number of nitrogens with one attached hydrogen (secondary N) is 1. The molecule has 172 valence electrons. The molecule has 9 heteroatoms. The number of hydrogen-bond donors (Lipinski definition) is 1. The molecule has 3 aromatic rings. The van der Waals surface area contributed by atoms with Crippen LogP contribution < -0.4 is 10.2 Å². The van der Waals surface area contributed by atoms with E-state index in [1.807, 2.05) is 30.9 Å². The maximum atomic E-state index is 12.8. The lowest BCUT2D eigenvalue weighted by atomic mass is 9.96. The van der Waals surface area contributed by atoms with E-state index >= 15 is 0 Å². The van der Waals surface area contributed by atoms with E-state index in [4.69, 9.17) is 11.6 Å². The second kappa shape index (κ2) is 9.49. The molecule has 33 heavy (non-hydrogen) atoms. The normalized spacial score (nSPS) is 14.8. The highest BCUT2D eigenvalue weighted by molar-refractivity contribution is 7.91. The van der Waals surface area contributed by atoms with Gasteiger partial charge >= 0.3 is 0 Å². The van der Waals surface area contributed by atoms with Crippen LogP contribution in [0.15, 0.2) is 64.5 Å². The first-order valence-corrected chi connectivity index (χ1v) is 12.6. The third-order valence-corrected chi connectivity index (χ3v) is 7.93. The van der Waals surface area contributed by atoms with E-state index in [1.54, 1.807) is 36.4 Å². The number of rotatable bonds is 5. The van der Waals surface area contributed by atoms with Gasteiger partial charge < -0.3 is 10.2 Å². The Hall–Kier alpha value is -2.97. The minimum absolute atomic E-state index is 0.0276. The molecule has 0 atom stereocenters. The number of halogens is 1. The zero-order valence-corrected chi connectivity index (χ0v) is 20.0. The molecular weight excluding hydrogens is 460 g/mol. The summed E-state index contributed by atoms with van der Waals surface area (Å²) < 4.78 is 25.5. The Kier molecular flexibility index (Phi) is 6.67. The number of benzene rings is 2. The summed E-state index contributed by atoms with van der Waals surface area (Å²) in [5.41, 5.74) is 2.63. The predicted octanol–water partition coefficient (Wildman–Crippen LogP) is 4.43. The van der Waals surface area contributed by atoms with Crippen molar-refractivity contribution in [1.82, 2.24) is 10.2 Å². The highest BCUT2D eigenvalue weighted by Crippen LogP contribution is 2.26. The molecule has 1 saturated heterocycles. The number of carbonyl (C=O) groups is 1. The zero-order chi connectivity index (χ0) is 23.6. The number of anilines is 2. The Morgan fingerprint density at radius 2 is 1.70 bits per heavy atom. The summed E-state index contributed by atoms with van der Waals surface area (Å²) in [6.07, 6.45) is 1.33. The van der Waals surface area contributed by atoms with Crippen LogP contribution >= 0.6 is 11.6 Å². The number of aryl methyl sites for hydroxylation is 2. The van der Waals surface area contributed by atoms with E-state index in [0.29, 0.717) is 42.5 Å². The molecule has 1 aliphatic rings. The van der Waals surface area contributed by atoms with Crippen molar-refractivity contribution >= 4 is 38.9 Å². The van der Waals surface area contributed by atoms with Crippen molar-refractivity contribution in [3.63, 3.8) is 0 Å². The molecule has 1 aliphatic heterocycles. The topological polar surface area (TPSA) is 92.3 Å². The standard InChI is InChI=1S/C24H25ClN4O3S/c1-16-3-7-20(8-4-16)33(31,32)23-10-9-22(27-28-23)29-13-11-18(12-14-29)24(30)26-19-6-5-17(2)21(25)15-19/h3-10,15,18H,11-14H2,1-2H3,(H,26,30). The van der Waals surface area contributed by atoms with Crippen molar-refractivity contribution in [2.24, 2.45) is 5.92 Å². The molecule has 2 heterocycles. The molecule has 0 spiro atoms. The molecule has 1 N–H and O–H groups in total.